The first kappa shape index (κ1) is 17.4. The predicted octanol–water partition coefficient (Wildman–Crippen LogP) is 5.59. The Morgan fingerprint density at radius 1 is 0.828 bits per heavy atom. The zero-order valence-corrected chi connectivity index (χ0v) is 17.2. The number of aryl methyl sites for hydroxylation is 1. The third kappa shape index (κ3) is 2.35. The molecule has 146 valence electrons. The molecule has 1 saturated heterocycles. The smallest absolute Gasteiger partial charge is 0.460 e. The summed E-state index contributed by atoms with van der Waals surface area (Å²) >= 11 is 0. The van der Waals surface area contributed by atoms with E-state index in [0.29, 0.717) is 0 Å². The van der Waals surface area contributed by atoms with Crippen LogP contribution in [-0.4, -0.2) is 18.3 Å². The van der Waals surface area contributed by atoms with Gasteiger partial charge < -0.3 is 18.1 Å². The van der Waals surface area contributed by atoms with Gasteiger partial charge in [-0.1, -0.05) is 24.3 Å². The summed E-state index contributed by atoms with van der Waals surface area (Å²) in [6.07, 6.45) is 6.36. The van der Waals surface area contributed by atoms with E-state index >= 15 is 0 Å². The number of fused-ring (bicyclic) bond motifs is 7. The van der Waals surface area contributed by atoms with E-state index in [4.69, 9.17) is 18.1 Å². The molecule has 5 heteroatoms. The molecule has 2 aliphatic rings. The highest BCUT2D eigenvalue weighted by Crippen LogP contribution is 2.41. The molecular weight excluding hydrogens is 363 g/mol. The fraction of sp³-hybridized carbons (Fsp3) is 0.333. The van der Waals surface area contributed by atoms with Crippen molar-refractivity contribution in [2.24, 2.45) is 0 Å². The topological polar surface area (TPSA) is 44.7 Å². The van der Waals surface area contributed by atoms with Gasteiger partial charge in [-0.2, -0.15) is 0 Å². The van der Waals surface area contributed by atoms with Crippen LogP contribution in [0.1, 0.15) is 45.4 Å². The Morgan fingerprint density at radius 2 is 1.52 bits per heavy atom. The van der Waals surface area contributed by atoms with Gasteiger partial charge in [0.25, 0.3) is 0 Å². The minimum Gasteiger partial charge on any atom is -0.460 e. The van der Waals surface area contributed by atoms with E-state index in [9.17, 15) is 0 Å². The maximum absolute atomic E-state index is 6.27. The molecule has 1 aliphatic heterocycles. The minimum absolute atomic E-state index is 0.368. The van der Waals surface area contributed by atoms with Crippen molar-refractivity contribution in [1.29, 1.82) is 0 Å². The Bertz CT molecular complexity index is 1310. The van der Waals surface area contributed by atoms with Crippen LogP contribution in [-0.2, 0) is 15.7 Å². The van der Waals surface area contributed by atoms with Crippen LogP contribution in [0.5, 0.6) is 0 Å². The molecule has 2 aromatic carbocycles. The highest BCUT2D eigenvalue weighted by Gasteiger charge is 2.51. The first-order valence-electron chi connectivity index (χ1n) is 10.3. The first-order chi connectivity index (χ1) is 13.8. The third-order valence-electron chi connectivity index (χ3n) is 6.77. The van der Waals surface area contributed by atoms with Gasteiger partial charge in [-0.25, -0.2) is 0 Å². The second kappa shape index (κ2) is 5.56. The summed E-state index contributed by atoms with van der Waals surface area (Å²) in [7, 11) is -0.397. The fourth-order valence-electron chi connectivity index (χ4n) is 4.45. The summed E-state index contributed by atoms with van der Waals surface area (Å²) in [6.45, 7) is 8.30. The summed E-state index contributed by atoms with van der Waals surface area (Å²) in [5, 5.41) is 3.31. The Hall–Kier alpha value is -2.50. The highest BCUT2D eigenvalue weighted by atomic mass is 16.7. The molecule has 1 aliphatic carbocycles. The number of hydrogen-bond acceptors (Lipinski definition) is 4. The van der Waals surface area contributed by atoms with Crippen molar-refractivity contribution in [3.8, 4) is 0 Å². The average Bonchev–Trinajstić information content (AvgIpc) is 3.29. The van der Waals surface area contributed by atoms with Crippen molar-refractivity contribution >= 4 is 51.6 Å². The average molecular weight is 386 g/mol. The van der Waals surface area contributed by atoms with Crippen LogP contribution < -0.4 is 5.46 Å². The molecule has 0 radical (unpaired) electrons. The Labute approximate surface area is 169 Å². The summed E-state index contributed by atoms with van der Waals surface area (Å²) in [4.78, 5) is 0. The summed E-state index contributed by atoms with van der Waals surface area (Å²) in [6, 6.07) is 10.2. The van der Waals surface area contributed by atoms with E-state index in [1.807, 2.05) is 24.3 Å². The lowest BCUT2D eigenvalue weighted by molar-refractivity contribution is 0.00578. The zero-order chi connectivity index (χ0) is 20.0. The molecular formula is C24H23BO4. The number of benzene rings is 2. The molecule has 0 bridgehead atoms. The van der Waals surface area contributed by atoms with Gasteiger partial charge in [0.05, 0.1) is 11.2 Å². The largest absolute Gasteiger partial charge is 0.494 e. The molecule has 0 spiro atoms. The van der Waals surface area contributed by atoms with E-state index in [-0.39, 0.29) is 11.2 Å². The molecule has 6 rings (SSSR count). The van der Waals surface area contributed by atoms with Crippen molar-refractivity contribution in [2.75, 3.05) is 0 Å². The second-order valence-electron chi connectivity index (χ2n) is 9.14. The van der Waals surface area contributed by atoms with Crippen LogP contribution in [0.4, 0.5) is 0 Å². The zero-order valence-electron chi connectivity index (χ0n) is 17.2. The summed E-state index contributed by atoms with van der Waals surface area (Å²) in [5.41, 5.74) is 4.10. The van der Waals surface area contributed by atoms with Crippen molar-refractivity contribution in [1.82, 2.24) is 0 Å². The quantitative estimate of drug-likeness (QED) is 0.400. The lowest BCUT2D eigenvalue weighted by atomic mass is 9.78. The lowest BCUT2D eigenvalue weighted by Crippen LogP contribution is -2.41. The van der Waals surface area contributed by atoms with Crippen LogP contribution in [0, 0.1) is 0 Å². The summed E-state index contributed by atoms with van der Waals surface area (Å²) < 4.78 is 24.9. The van der Waals surface area contributed by atoms with E-state index < -0.39 is 7.12 Å². The standard InChI is InChI=1S/C24H23BO4/c1-23(2)24(3,4)29-25(28-23)14-9-10-18-16(13-14)22-20(27-18)12-11-19-21(22)15-7-5-6-8-17(15)26-19/h5,7,9-13H,6,8H2,1-4H3. The molecule has 29 heavy (non-hydrogen) atoms. The number of hydrogen-bond donors (Lipinski definition) is 0. The Morgan fingerprint density at radius 3 is 2.28 bits per heavy atom. The molecule has 1 fully saturated rings. The third-order valence-corrected chi connectivity index (χ3v) is 6.77. The van der Waals surface area contributed by atoms with Crippen molar-refractivity contribution in [3.63, 3.8) is 0 Å². The molecule has 0 N–H and O–H groups in total. The molecule has 0 unspecified atom stereocenters. The van der Waals surface area contributed by atoms with Gasteiger partial charge in [0.1, 0.15) is 22.5 Å². The van der Waals surface area contributed by atoms with Crippen molar-refractivity contribution in [2.45, 2.75) is 51.7 Å². The van der Waals surface area contributed by atoms with Gasteiger partial charge in [0.2, 0.25) is 0 Å². The van der Waals surface area contributed by atoms with Gasteiger partial charge in [-0.3, -0.25) is 0 Å². The maximum atomic E-state index is 6.27. The van der Waals surface area contributed by atoms with Crippen LogP contribution >= 0.6 is 0 Å². The van der Waals surface area contributed by atoms with Gasteiger partial charge in [0, 0.05) is 28.1 Å². The lowest BCUT2D eigenvalue weighted by Gasteiger charge is -2.32. The predicted molar refractivity (Wildman–Crippen MR) is 117 cm³/mol. The second-order valence-corrected chi connectivity index (χ2v) is 9.14. The molecule has 4 nitrogen and oxygen atoms in total. The van der Waals surface area contributed by atoms with E-state index in [2.05, 4.69) is 45.9 Å². The van der Waals surface area contributed by atoms with Crippen LogP contribution in [0.3, 0.4) is 0 Å². The molecule has 0 saturated carbocycles. The monoisotopic (exact) mass is 386 g/mol. The molecule has 0 atom stereocenters. The van der Waals surface area contributed by atoms with E-state index in [1.54, 1.807) is 0 Å². The molecule has 0 amide bonds. The van der Waals surface area contributed by atoms with Crippen molar-refractivity contribution < 1.29 is 18.1 Å². The van der Waals surface area contributed by atoms with Gasteiger partial charge in [0.15, 0.2) is 0 Å². The SMILES string of the molecule is CC1(C)OB(c2ccc3oc4ccc5oc6c(c5c4c3c2)C=CCC6)OC1(C)C. The number of furan rings is 2. The minimum atomic E-state index is -0.397. The number of allylic oxidation sites excluding steroid dienone is 1. The highest BCUT2D eigenvalue weighted by molar-refractivity contribution is 6.62. The normalized spacial score (nSPS) is 20.2. The fourth-order valence-corrected chi connectivity index (χ4v) is 4.45. The van der Waals surface area contributed by atoms with E-state index in [1.165, 1.54) is 5.56 Å². The Balaban J connectivity index is 1.60. The molecule has 3 heterocycles. The van der Waals surface area contributed by atoms with Crippen LogP contribution in [0.2, 0.25) is 0 Å². The Kier molecular flexibility index (Phi) is 3.33. The number of rotatable bonds is 1. The van der Waals surface area contributed by atoms with Gasteiger partial charge in [-0.15, -0.1) is 0 Å². The summed E-state index contributed by atoms with van der Waals surface area (Å²) in [5.74, 6) is 1.06. The van der Waals surface area contributed by atoms with E-state index in [0.717, 1.165) is 57.0 Å². The maximum Gasteiger partial charge on any atom is 0.494 e. The van der Waals surface area contributed by atoms with Crippen molar-refractivity contribution in [3.05, 3.63) is 47.7 Å². The van der Waals surface area contributed by atoms with Crippen LogP contribution in [0.15, 0.2) is 45.2 Å². The van der Waals surface area contributed by atoms with Gasteiger partial charge >= 0.3 is 7.12 Å². The van der Waals surface area contributed by atoms with Gasteiger partial charge in [-0.05, 0) is 57.8 Å². The molecule has 2 aromatic heterocycles. The molecule has 4 aromatic rings. The van der Waals surface area contributed by atoms with Crippen LogP contribution in [0.25, 0.3) is 39.0 Å². The first-order valence-corrected chi connectivity index (χ1v) is 10.3.